The molecule has 2 aromatic rings. The molecule has 1 aliphatic heterocycles. The van der Waals surface area contributed by atoms with E-state index in [1.807, 2.05) is 10.8 Å². The lowest BCUT2D eigenvalue weighted by Crippen LogP contribution is -2.38. The van der Waals surface area contributed by atoms with Gasteiger partial charge in [0.05, 0.1) is 11.4 Å². The fourth-order valence-corrected chi connectivity index (χ4v) is 3.60. The highest BCUT2D eigenvalue weighted by molar-refractivity contribution is 7.89. The van der Waals surface area contributed by atoms with Gasteiger partial charge in [-0.15, -0.1) is 0 Å². The fraction of sp³-hybridized carbons (Fsp3) is 0.364. The molecule has 0 aromatic carbocycles. The molecule has 0 bridgehead atoms. The Morgan fingerprint density at radius 1 is 1.42 bits per heavy atom. The summed E-state index contributed by atoms with van der Waals surface area (Å²) in [5, 5.41) is 0. The molecule has 3 N–H and O–H groups in total. The second-order valence-electron chi connectivity index (χ2n) is 4.44. The average Bonchev–Trinajstić information content (AvgIpc) is 3.06. The summed E-state index contributed by atoms with van der Waals surface area (Å²) in [6.45, 7) is 1.68. The van der Waals surface area contributed by atoms with E-state index in [-0.39, 0.29) is 4.90 Å². The van der Waals surface area contributed by atoms with Crippen LogP contribution < -0.4 is 5.73 Å². The standard InChI is InChI=1S/C11H15N5O2S/c12-6-9-5-10(7-14-9)19(17,18)16-4-3-15-2-1-13-11(15)8-16/h1-2,5,7,14H,3-4,6,8,12H2. The molecule has 102 valence electrons. The van der Waals surface area contributed by atoms with Crippen molar-refractivity contribution in [1.29, 1.82) is 0 Å². The molecule has 7 nitrogen and oxygen atoms in total. The van der Waals surface area contributed by atoms with Crippen molar-refractivity contribution in [2.24, 2.45) is 5.73 Å². The number of nitrogens with one attached hydrogen (secondary N) is 1. The summed E-state index contributed by atoms with van der Waals surface area (Å²) in [6, 6.07) is 1.58. The molecule has 8 heteroatoms. The highest BCUT2D eigenvalue weighted by Gasteiger charge is 2.29. The maximum absolute atomic E-state index is 12.5. The monoisotopic (exact) mass is 281 g/mol. The summed E-state index contributed by atoms with van der Waals surface area (Å²) in [6.07, 6.45) is 5.04. The van der Waals surface area contributed by atoms with Gasteiger partial charge in [0, 0.05) is 43.9 Å². The van der Waals surface area contributed by atoms with E-state index in [0.29, 0.717) is 31.9 Å². The number of rotatable bonds is 3. The molecule has 0 radical (unpaired) electrons. The molecular weight excluding hydrogens is 266 g/mol. The van der Waals surface area contributed by atoms with Crippen LogP contribution in [0.2, 0.25) is 0 Å². The van der Waals surface area contributed by atoms with E-state index in [1.165, 1.54) is 10.5 Å². The van der Waals surface area contributed by atoms with Gasteiger partial charge in [0.1, 0.15) is 5.82 Å². The lowest BCUT2D eigenvalue weighted by Gasteiger charge is -2.26. The number of nitrogens with zero attached hydrogens (tertiary/aromatic N) is 3. The van der Waals surface area contributed by atoms with Crippen LogP contribution in [0.25, 0.3) is 0 Å². The van der Waals surface area contributed by atoms with Gasteiger partial charge in [-0.05, 0) is 6.07 Å². The smallest absolute Gasteiger partial charge is 0.245 e. The van der Waals surface area contributed by atoms with Crippen LogP contribution in [0, 0.1) is 0 Å². The first-order valence-corrected chi connectivity index (χ1v) is 7.43. The zero-order chi connectivity index (χ0) is 13.5. The lowest BCUT2D eigenvalue weighted by atomic mass is 10.4. The summed E-state index contributed by atoms with van der Waals surface area (Å²) in [7, 11) is -3.48. The number of imidazole rings is 1. The highest BCUT2D eigenvalue weighted by Crippen LogP contribution is 2.21. The van der Waals surface area contributed by atoms with Crippen molar-refractivity contribution in [2.45, 2.75) is 24.5 Å². The van der Waals surface area contributed by atoms with Crippen LogP contribution in [0.5, 0.6) is 0 Å². The van der Waals surface area contributed by atoms with E-state index >= 15 is 0 Å². The van der Waals surface area contributed by atoms with E-state index < -0.39 is 10.0 Å². The third kappa shape index (κ3) is 2.07. The number of nitrogens with two attached hydrogens (primary N) is 1. The summed E-state index contributed by atoms with van der Waals surface area (Å²) < 4.78 is 28.4. The Labute approximate surface area is 111 Å². The SMILES string of the molecule is NCc1cc(S(=O)(=O)N2CCn3ccnc3C2)c[nH]1. The van der Waals surface area contributed by atoms with Crippen molar-refractivity contribution < 1.29 is 8.42 Å². The van der Waals surface area contributed by atoms with Crippen LogP contribution in [-0.4, -0.2) is 33.8 Å². The molecular formula is C11H15N5O2S. The van der Waals surface area contributed by atoms with E-state index in [1.54, 1.807) is 12.3 Å². The van der Waals surface area contributed by atoms with Crippen molar-refractivity contribution in [1.82, 2.24) is 18.8 Å². The minimum Gasteiger partial charge on any atom is -0.363 e. The quantitative estimate of drug-likeness (QED) is 0.819. The number of hydrogen-bond donors (Lipinski definition) is 2. The zero-order valence-corrected chi connectivity index (χ0v) is 11.1. The molecule has 19 heavy (non-hydrogen) atoms. The summed E-state index contributed by atoms with van der Waals surface area (Å²) in [4.78, 5) is 7.29. The largest absolute Gasteiger partial charge is 0.363 e. The van der Waals surface area contributed by atoms with Crippen LogP contribution >= 0.6 is 0 Å². The van der Waals surface area contributed by atoms with Gasteiger partial charge in [0.15, 0.2) is 0 Å². The van der Waals surface area contributed by atoms with Crippen LogP contribution in [0.1, 0.15) is 11.5 Å². The average molecular weight is 281 g/mol. The van der Waals surface area contributed by atoms with Gasteiger partial charge in [-0.2, -0.15) is 4.31 Å². The van der Waals surface area contributed by atoms with Crippen LogP contribution in [0.4, 0.5) is 0 Å². The predicted molar refractivity (Wildman–Crippen MR) is 68.5 cm³/mol. The molecule has 0 amide bonds. The van der Waals surface area contributed by atoms with Gasteiger partial charge < -0.3 is 15.3 Å². The molecule has 2 aromatic heterocycles. The minimum atomic E-state index is -3.48. The van der Waals surface area contributed by atoms with Gasteiger partial charge in [-0.3, -0.25) is 0 Å². The third-order valence-corrected chi connectivity index (χ3v) is 5.11. The molecule has 0 aliphatic carbocycles. The minimum absolute atomic E-state index is 0.257. The zero-order valence-electron chi connectivity index (χ0n) is 10.3. The summed E-state index contributed by atoms with van der Waals surface area (Å²) in [5.74, 6) is 0.768. The molecule has 0 fully saturated rings. The van der Waals surface area contributed by atoms with Gasteiger partial charge >= 0.3 is 0 Å². The van der Waals surface area contributed by atoms with Crippen LogP contribution in [0.15, 0.2) is 29.6 Å². The van der Waals surface area contributed by atoms with Gasteiger partial charge in [-0.25, -0.2) is 13.4 Å². The molecule has 0 unspecified atom stereocenters. The van der Waals surface area contributed by atoms with Gasteiger partial charge in [-0.1, -0.05) is 0 Å². The molecule has 3 rings (SSSR count). The summed E-state index contributed by atoms with van der Waals surface area (Å²) in [5.41, 5.74) is 6.19. The predicted octanol–water partition coefficient (Wildman–Crippen LogP) is -0.126. The molecule has 3 heterocycles. The Balaban J connectivity index is 1.89. The number of fused-ring (bicyclic) bond motifs is 1. The number of aromatic amines is 1. The van der Waals surface area contributed by atoms with E-state index in [9.17, 15) is 8.42 Å². The van der Waals surface area contributed by atoms with Crippen LogP contribution in [-0.2, 0) is 29.7 Å². The Hall–Kier alpha value is -1.64. The molecule has 1 aliphatic rings. The number of sulfonamides is 1. The first-order valence-electron chi connectivity index (χ1n) is 5.99. The molecule has 0 atom stereocenters. The van der Waals surface area contributed by atoms with Crippen molar-refractivity contribution in [2.75, 3.05) is 6.54 Å². The number of aromatic nitrogens is 3. The number of H-pyrrole nitrogens is 1. The second kappa shape index (κ2) is 4.48. The Morgan fingerprint density at radius 3 is 3.00 bits per heavy atom. The van der Waals surface area contributed by atoms with E-state index in [4.69, 9.17) is 5.73 Å². The van der Waals surface area contributed by atoms with Crippen LogP contribution in [0.3, 0.4) is 0 Å². The Bertz CT molecular complexity index is 688. The second-order valence-corrected chi connectivity index (χ2v) is 6.38. The normalized spacial score (nSPS) is 16.5. The van der Waals surface area contributed by atoms with E-state index in [0.717, 1.165) is 5.82 Å². The van der Waals surface area contributed by atoms with Crippen molar-refractivity contribution in [3.05, 3.63) is 36.2 Å². The lowest BCUT2D eigenvalue weighted by molar-refractivity contribution is 0.335. The van der Waals surface area contributed by atoms with Crippen molar-refractivity contribution >= 4 is 10.0 Å². The molecule has 0 spiro atoms. The maximum atomic E-state index is 12.5. The molecule has 0 saturated heterocycles. The van der Waals surface area contributed by atoms with Crippen molar-refractivity contribution in [3.63, 3.8) is 0 Å². The first kappa shape index (κ1) is 12.4. The summed E-state index contributed by atoms with van der Waals surface area (Å²) >= 11 is 0. The van der Waals surface area contributed by atoms with Gasteiger partial charge in [0.25, 0.3) is 0 Å². The van der Waals surface area contributed by atoms with E-state index in [2.05, 4.69) is 9.97 Å². The first-order chi connectivity index (χ1) is 9.11. The molecule has 0 saturated carbocycles. The highest BCUT2D eigenvalue weighted by atomic mass is 32.2. The fourth-order valence-electron chi connectivity index (χ4n) is 2.19. The Kier molecular flexibility index (Phi) is 2.92. The maximum Gasteiger partial charge on any atom is 0.245 e. The Morgan fingerprint density at radius 2 is 2.26 bits per heavy atom. The number of hydrogen-bond acceptors (Lipinski definition) is 4. The van der Waals surface area contributed by atoms with Gasteiger partial charge in [0.2, 0.25) is 10.0 Å². The topological polar surface area (TPSA) is 97.0 Å². The third-order valence-electron chi connectivity index (χ3n) is 3.28. The van der Waals surface area contributed by atoms with Crippen molar-refractivity contribution in [3.8, 4) is 0 Å².